The second-order valence-corrected chi connectivity index (χ2v) is 5.27. The highest BCUT2D eigenvalue weighted by molar-refractivity contribution is 5.66. The summed E-state index contributed by atoms with van der Waals surface area (Å²) < 4.78 is 5.32. The van der Waals surface area contributed by atoms with Gasteiger partial charge in [0.1, 0.15) is 6.10 Å². The van der Waals surface area contributed by atoms with Gasteiger partial charge in [-0.25, -0.2) is 0 Å². The molecule has 2 nitrogen and oxygen atoms in total. The van der Waals surface area contributed by atoms with Crippen LogP contribution >= 0.6 is 0 Å². The predicted molar refractivity (Wildman–Crippen MR) is 82.2 cm³/mol. The van der Waals surface area contributed by atoms with Crippen molar-refractivity contribution in [3.05, 3.63) is 12.2 Å². The Balaban J connectivity index is 3.78. The first kappa shape index (κ1) is 18.2. The van der Waals surface area contributed by atoms with E-state index in [9.17, 15) is 4.79 Å². The number of ether oxygens (including phenoxy) is 1. The molecule has 0 amide bonds. The van der Waals surface area contributed by atoms with E-state index >= 15 is 0 Å². The van der Waals surface area contributed by atoms with Crippen LogP contribution in [-0.2, 0) is 9.53 Å². The molecule has 0 aromatic heterocycles. The van der Waals surface area contributed by atoms with E-state index in [1.165, 1.54) is 51.9 Å². The predicted octanol–water partition coefficient (Wildman–Crippen LogP) is 5.42. The Morgan fingerprint density at radius 2 is 1.63 bits per heavy atom. The summed E-state index contributed by atoms with van der Waals surface area (Å²) in [5, 5.41) is 0. The molecular formula is C17H32O2. The molecule has 0 aromatic carbocycles. The van der Waals surface area contributed by atoms with Crippen LogP contribution in [0, 0.1) is 0 Å². The van der Waals surface area contributed by atoms with E-state index in [0.717, 1.165) is 19.3 Å². The Morgan fingerprint density at radius 1 is 1.00 bits per heavy atom. The van der Waals surface area contributed by atoms with Crippen LogP contribution < -0.4 is 0 Å². The zero-order valence-corrected chi connectivity index (χ0v) is 13.1. The van der Waals surface area contributed by atoms with Crippen LogP contribution in [0.3, 0.4) is 0 Å². The molecule has 1 unspecified atom stereocenters. The normalized spacial score (nSPS) is 12.8. The third kappa shape index (κ3) is 13.4. The number of unbranched alkanes of at least 4 members (excludes halogenated alkanes) is 7. The Kier molecular flexibility index (Phi) is 13.1. The average molecular weight is 268 g/mol. The lowest BCUT2D eigenvalue weighted by Gasteiger charge is -2.12. The maximum Gasteiger partial charge on any atom is 0.303 e. The van der Waals surface area contributed by atoms with E-state index < -0.39 is 0 Å². The van der Waals surface area contributed by atoms with Crippen molar-refractivity contribution >= 4 is 5.97 Å². The molecule has 2 heteroatoms. The van der Waals surface area contributed by atoms with Crippen molar-refractivity contribution in [1.29, 1.82) is 0 Å². The third-order valence-corrected chi connectivity index (χ3v) is 3.23. The van der Waals surface area contributed by atoms with Crippen LogP contribution in [0.1, 0.15) is 85.0 Å². The Hall–Kier alpha value is -0.790. The molecule has 0 fully saturated rings. The van der Waals surface area contributed by atoms with E-state index in [4.69, 9.17) is 4.74 Å². The topological polar surface area (TPSA) is 26.3 Å². The minimum atomic E-state index is -0.172. The molecule has 0 rings (SSSR count). The van der Waals surface area contributed by atoms with Crippen molar-refractivity contribution in [3.63, 3.8) is 0 Å². The average Bonchev–Trinajstić information content (AvgIpc) is 2.37. The molecular weight excluding hydrogens is 236 g/mol. The highest BCUT2D eigenvalue weighted by Gasteiger charge is 2.07. The molecule has 0 saturated heterocycles. The SMILES string of the molecule is CCCCCCCC=CC(CCCCC)OC(C)=O. The number of rotatable bonds is 12. The summed E-state index contributed by atoms with van der Waals surface area (Å²) in [5.41, 5.74) is 0. The summed E-state index contributed by atoms with van der Waals surface area (Å²) in [6.45, 7) is 5.91. The quantitative estimate of drug-likeness (QED) is 0.268. The molecule has 112 valence electrons. The largest absolute Gasteiger partial charge is 0.458 e. The van der Waals surface area contributed by atoms with Gasteiger partial charge in [-0.1, -0.05) is 58.4 Å². The summed E-state index contributed by atoms with van der Waals surface area (Å²) in [5.74, 6) is -0.172. The molecule has 0 aliphatic rings. The molecule has 0 aromatic rings. The van der Waals surface area contributed by atoms with Gasteiger partial charge in [0.15, 0.2) is 0 Å². The minimum Gasteiger partial charge on any atom is -0.458 e. The van der Waals surface area contributed by atoms with Crippen molar-refractivity contribution in [1.82, 2.24) is 0 Å². The van der Waals surface area contributed by atoms with E-state index in [-0.39, 0.29) is 12.1 Å². The Labute approximate surface area is 119 Å². The molecule has 0 N–H and O–H groups in total. The molecule has 0 saturated carbocycles. The summed E-state index contributed by atoms with van der Waals surface area (Å²) >= 11 is 0. The minimum absolute atomic E-state index is 0.0142. The second kappa shape index (κ2) is 13.6. The van der Waals surface area contributed by atoms with Gasteiger partial charge in [-0.05, 0) is 31.8 Å². The smallest absolute Gasteiger partial charge is 0.303 e. The fraction of sp³-hybridized carbons (Fsp3) is 0.824. The molecule has 0 aliphatic carbocycles. The molecule has 0 heterocycles. The van der Waals surface area contributed by atoms with Crippen LogP contribution in [0.4, 0.5) is 0 Å². The molecule has 19 heavy (non-hydrogen) atoms. The van der Waals surface area contributed by atoms with Crippen molar-refractivity contribution < 1.29 is 9.53 Å². The van der Waals surface area contributed by atoms with E-state index in [0.29, 0.717) is 0 Å². The first-order valence-electron chi connectivity index (χ1n) is 8.04. The maximum absolute atomic E-state index is 11.0. The van der Waals surface area contributed by atoms with Crippen molar-refractivity contribution in [2.75, 3.05) is 0 Å². The number of carbonyl (C=O) groups excluding carboxylic acids is 1. The summed E-state index contributed by atoms with van der Waals surface area (Å²) in [4.78, 5) is 11.0. The first-order chi connectivity index (χ1) is 9.20. The van der Waals surface area contributed by atoms with Crippen LogP contribution in [0.5, 0.6) is 0 Å². The van der Waals surface area contributed by atoms with Gasteiger partial charge in [-0.3, -0.25) is 4.79 Å². The number of allylic oxidation sites excluding steroid dienone is 1. The fourth-order valence-corrected chi connectivity index (χ4v) is 2.12. The zero-order valence-electron chi connectivity index (χ0n) is 13.1. The Bertz CT molecular complexity index is 233. The van der Waals surface area contributed by atoms with Crippen molar-refractivity contribution in [2.45, 2.75) is 91.1 Å². The van der Waals surface area contributed by atoms with Crippen LogP contribution in [0.2, 0.25) is 0 Å². The molecule has 0 radical (unpaired) electrons. The van der Waals surface area contributed by atoms with Crippen molar-refractivity contribution in [3.8, 4) is 0 Å². The highest BCUT2D eigenvalue weighted by atomic mass is 16.5. The van der Waals surface area contributed by atoms with Crippen LogP contribution in [0.15, 0.2) is 12.2 Å². The van der Waals surface area contributed by atoms with Crippen LogP contribution in [-0.4, -0.2) is 12.1 Å². The molecule has 0 spiro atoms. The van der Waals surface area contributed by atoms with Gasteiger partial charge in [-0.15, -0.1) is 0 Å². The molecule has 0 bridgehead atoms. The number of carbonyl (C=O) groups is 1. The van der Waals surface area contributed by atoms with Gasteiger partial charge in [0.05, 0.1) is 0 Å². The first-order valence-corrected chi connectivity index (χ1v) is 8.04. The van der Waals surface area contributed by atoms with Crippen LogP contribution in [0.25, 0.3) is 0 Å². The second-order valence-electron chi connectivity index (χ2n) is 5.27. The van der Waals surface area contributed by atoms with E-state index in [2.05, 4.69) is 26.0 Å². The number of esters is 1. The number of hydrogen-bond acceptors (Lipinski definition) is 2. The third-order valence-electron chi connectivity index (χ3n) is 3.23. The maximum atomic E-state index is 11.0. The molecule has 0 aliphatic heterocycles. The fourth-order valence-electron chi connectivity index (χ4n) is 2.12. The van der Waals surface area contributed by atoms with Gasteiger partial charge in [0.2, 0.25) is 0 Å². The van der Waals surface area contributed by atoms with Gasteiger partial charge in [-0.2, -0.15) is 0 Å². The van der Waals surface area contributed by atoms with Gasteiger partial charge in [0, 0.05) is 6.92 Å². The Morgan fingerprint density at radius 3 is 2.26 bits per heavy atom. The number of hydrogen-bond donors (Lipinski definition) is 0. The lowest BCUT2D eigenvalue weighted by molar-refractivity contribution is -0.144. The van der Waals surface area contributed by atoms with E-state index in [1.54, 1.807) is 0 Å². The van der Waals surface area contributed by atoms with E-state index in [1.807, 2.05) is 0 Å². The zero-order chi connectivity index (χ0) is 14.3. The monoisotopic (exact) mass is 268 g/mol. The highest BCUT2D eigenvalue weighted by Crippen LogP contribution is 2.10. The van der Waals surface area contributed by atoms with Crippen molar-refractivity contribution in [2.24, 2.45) is 0 Å². The standard InChI is InChI=1S/C17H32O2/c1-4-6-8-9-10-11-13-15-17(19-16(3)18)14-12-7-5-2/h13,15,17H,4-12,14H2,1-3H3. The molecule has 1 atom stereocenters. The lowest BCUT2D eigenvalue weighted by Crippen LogP contribution is -2.13. The summed E-state index contributed by atoms with van der Waals surface area (Å²) in [6, 6.07) is 0. The lowest BCUT2D eigenvalue weighted by atomic mass is 10.1. The van der Waals surface area contributed by atoms with Gasteiger partial charge >= 0.3 is 5.97 Å². The summed E-state index contributed by atoms with van der Waals surface area (Å²) in [6.07, 6.45) is 16.4. The summed E-state index contributed by atoms with van der Waals surface area (Å²) in [7, 11) is 0. The van der Waals surface area contributed by atoms with Gasteiger partial charge in [0.25, 0.3) is 0 Å². The van der Waals surface area contributed by atoms with Gasteiger partial charge < -0.3 is 4.74 Å².